The molecule has 1 unspecified atom stereocenters. The molecule has 2 aromatic carbocycles. The van der Waals surface area contributed by atoms with E-state index in [0.717, 1.165) is 5.56 Å². The van der Waals surface area contributed by atoms with Crippen LogP contribution in [0.2, 0.25) is 0 Å². The van der Waals surface area contributed by atoms with E-state index in [0.29, 0.717) is 17.9 Å². The van der Waals surface area contributed by atoms with Crippen LogP contribution in [0.4, 0.5) is 18.9 Å². The normalized spacial score (nSPS) is 18.7. The number of rotatable bonds is 5. The van der Waals surface area contributed by atoms with E-state index in [4.69, 9.17) is 5.14 Å². The molecule has 4 N–H and O–H groups in total. The van der Waals surface area contributed by atoms with Gasteiger partial charge in [0.1, 0.15) is 4.90 Å². The number of halogens is 3. The number of nitrogens with two attached hydrogens (primary N) is 1. The summed E-state index contributed by atoms with van der Waals surface area (Å²) in [7, 11) is -9.05. The summed E-state index contributed by atoms with van der Waals surface area (Å²) in [5, 5.41) is 7.54. The zero-order valence-corrected chi connectivity index (χ0v) is 17.1. The molecular weight excluding hydrogens is 451 g/mol. The lowest BCUT2D eigenvalue weighted by molar-refractivity contribution is -0.139. The van der Waals surface area contributed by atoms with Gasteiger partial charge in [0.15, 0.2) is 0 Å². The Morgan fingerprint density at radius 1 is 1.14 bits per heavy atom. The van der Waals surface area contributed by atoms with Crippen LogP contribution in [-0.2, 0) is 32.0 Å². The zero-order chi connectivity index (χ0) is 21.4. The van der Waals surface area contributed by atoms with Crippen LogP contribution in [0.1, 0.15) is 11.1 Å². The Labute approximate surface area is 170 Å². The third-order valence-electron chi connectivity index (χ3n) is 4.01. The number of thioether (sulfide) groups is 1. The number of primary sulfonamides is 1. The van der Waals surface area contributed by atoms with Gasteiger partial charge < -0.3 is 5.32 Å². The van der Waals surface area contributed by atoms with Gasteiger partial charge in [-0.3, -0.25) is 0 Å². The number of alkyl halides is 3. The number of nitrogens with one attached hydrogen (secondary N) is 2. The van der Waals surface area contributed by atoms with E-state index in [1.165, 1.54) is 11.8 Å². The van der Waals surface area contributed by atoms with Gasteiger partial charge in [-0.15, -0.1) is 0 Å². The number of hydrogen-bond donors (Lipinski definition) is 3. The van der Waals surface area contributed by atoms with Crippen molar-refractivity contribution in [2.45, 2.75) is 27.9 Å². The summed E-state index contributed by atoms with van der Waals surface area (Å²) in [5.41, 5.74) is -0.860. The first-order chi connectivity index (χ1) is 13.4. The fourth-order valence-corrected chi connectivity index (χ4v) is 5.98. The summed E-state index contributed by atoms with van der Waals surface area (Å²) < 4.78 is 90.3. The lowest BCUT2D eigenvalue weighted by atomic mass is 10.2. The van der Waals surface area contributed by atoms with Crippen LogP contribution in [0, 0.1) is 0 Å². The first-order valence-electron chi connectivity index (χ1n) is 8.06. The molecule has 1 heterocycles. The Balaban J connectivity index is 1.90. The van der Waals surface area contributed by atoms with Crippen molar-refractivity contribution in [1.29, 1.82) is 0 Å². The van der Waals surface area contributed by atoms with Gasteiger partial charge in [0.25, 0.3) is 0 Å². The smallest absolute Gasteiger partial charge is 0.367 e. The van der Waals surface area contributed by atoms with Crippen LogP contribution in [0.25, 0.3) is 0 Å². The van der Waals surface area contributed by atoms with Crippen LogP contribution in [-0.4, -0.2) is 28.8 Å². The number of hydrogen-bond acceptors (Lipinski definition) is 6. The highest BCUT2D eigenvalue weighted by Gasteiger charge is 2.40. The average molecular weight is 468 g/mol. The molecule has 0 spiro atoms. The molecule has 1 atom stereocenters. The largest absolute Gasteiger partial charge is 0.417 e. The Bertz CT molecular complexity index is 1120. The molecule has 0 bridgehead atoms. The Morgan fingerprint density at radius 3 is 2.38 bits per heavy atom. The molecule has 0 fully saturated rings. The van der Waals surface area contributed by atoms with Crippen molar-refractivity contribution >= 4 is 37.5 Å². The van der Waals surface area contributed by atoms with Crippen molar-refractivity contribution in [3.63, 3.8) is 0 Å². The second kappa shape index (κ2) is 7.80. The van der Waals surface area contributed by atoms with E-state index in [9.17, 15) is 30.0 Å². The second-order valence-corrected chi connectivity index (χ2v) is 10.4. The summed E-state index contributed by atoms with van der Waals surface area (Å²) in [6.45, 7) is 0. The Kier molecular flexibility index (Phi) is 5.89. The molecule has 1 aliphatic heterocycles. The molecule has 0 amide bonds. The molecule has 0 saturated carbocycles. The number of fused-ring (bicyclic) bond motifs is 1. The minimum atomic E-state index is -5.04. The van der Waals surface area contributed by atoms with E-state index in [-0.39, 0.29) is 11.4 Å². The molecule has 0 radical (unpaired) electrons. The van der Waals surface area contributed by atoms with Crippen molar-refractivity contribution < 1.29 is 30.0 Å². The van der Waals surface area contributed by atoms with E-state index in [2.05, 4.69) is 10.0 Å². The number of benzene rings is 2. The van der Waals surface area contributed by atoms with Crippen LogP contribution in [0.5, 0.6) is 0 Å². The minimum Gasteiger partial charge on any atom is -0.367 e. The maximum Gasteiger partial charge on any atom is 0.417 e. The zero-order valence-electron chi connectivity index (χ0n) is 14.6. The van der Waals surface area contributed by atoms with Crippen molar-refractivity contribution in [3.8, 4) is 0 Å². The van der Waals surface area contributed by atoms with Gasteiger partial charge in [-0.2, -0.15) is 29.7 Å². The van der Waals surface area contributed by atoms with Gasteiger partial charge in [0.05, 0.1) is 22.3 Å². The summed E-state index contributed by atoms with van der Waals surface area (Å²) in [6.07, 6.45) is -5.91. The lowest BCUT2D eigenvalue weighted by Gasteiger charge is -2.29. The molecular formula is C16H16F3N3O4S3. The SMILES string of the molecule is NS(=O)(=O)c1cc2c(cc1C(F)(F)F)NC(CSCc1ccccc1)NS2(=O)=O. The number of anilines is 1. The third kappa shape index (κ3) is 5.04. The van der Waals surface area contributed by atoms with E-state index in [1.54, 1.807) is 0 Å². The predicted molar refractivity (Wildman–Crippen MR) is 103 cm³/mol. The average Bonchev–Trinajstić information content (AvgIpc) is 2.59. The molecule has 0 aromatic heterocycles. The van der Waals surface area contributed by atoms with Crippen LogP contribution in [0.3, 0.4) is 0 Å². The van der Waals surface area contributed by atoms with Gasteiger partial charge in [-0.05, 0) is 17.7 Å². The maximum absolute atomic E-state index is 13.3. The topological polar surface area (TPSA) is 118 Å². The predicted octanol–water partition coefficient (Wildman–Crippen LogP) is 2.32. The van der Waals surface area contributed by atoms with E-state index < -0.39 is 47.7 Å². The van der Waals surface area contributed by atoms with Crippen molar-refractivity contribution in [3.05, 3.63) is 53.6 Å². The van der Waals surface area contributed by atoms with Crippen LogP contribution >= 0.6 is 11.8 Å². The van der Waals surface area contributed by atoms with Gasteiger partial charge in [0.2, 0.25) is 20.0 Å². The van der Waals surface area contributed by atoms with Gasteiger partial charge >= 0.3 is 6.18 Å². The highest BCUT2D eigenvalue weighted by atomic mass is 32.2. The van der Waals surface area contributed by atoms with E-state index in [1.807, 2.05) is 30.3 Å². The molecule has 7 nitrogen and oxygen atoms in total. The molecule has 0 saturated heterocycles. The molecule has 0 aliphatic carbocycles. The first-order valence-corrected chi connectivity index (χ1v) is 12.2. The van der Waals surface area contributed by atoms with Gasteiger partial charge in [-0.1, -0.05) is 30.3 Å². The quantitative estimate of drug-likeness (QED) is 0.621. The molecule has 1 aliphatic rings. The van der Waals surface area contributed by atoms with Crippen LogP contribution in [0.15, 0.2) is 52.3 Å². The standard InChI is InChI=1S/C16H16F3N3O4S3/c17-16(18,19)11-6-12-14(7-13(11)28(20,23)24)29(25,26)22-15(21-12)9-27-8-10-4-2-1-3-5-10/h1-7,15,21-22H,8-9H2,(H2,20,23,24). The highest BCUT2D eigenvalue weighted by molar-refractivity contribution is 7.98. The van der Waals surface area contributed by atoms with Crippen molar-refractivity contribution in [1.82, 2.24) is 4.72 Å². The monoisotopic (exact) mass is 467 g/mol. The molecule has 158 valence electrons. The van der Waals surface area contributed by atoms with Crippen molar-refractivity contribution in [2.75, 3.05) is 11.1 Å². The highest BCUT2D eigenvalue weighted by Crippen LogP contribution is 2.39. The van der Waals surface area contributed by atoms with E-state index >= 15 is 0 Å². The first kappa shape index (κ1) is 21.9. The molecule has 2 aromatic rings. The van der Waals surface area contributed by atoms with Gasteiger partial charge in [-0.25, -0.2) is 22.0 Å². The summed E-state index contributed by atoms with van der Waals surface area (Å²) in [6, 6.07) is 10.2. The fourth-order valence-electron chi connectivity index (χ4n) is 2.77. The molecule has 29 heavy (non-hydrogen) atoms. The number of sulfonamides is 2. The summed E-state index contributed by atoms with van der Waals surface area (Å²) in [5.74, 6) is 0.803. The van der Waals surface area contributed by atoms with Gasteiger partial charge in [0, 0.05) is 11.5 Å². The summed E-state index contributed by atoms with van der Waals surface area (Å²) in [4.78, 5) is -1.91. The van der Waals surface area contributed by atoms with Crippen molar-refractivity contribution in [2.24, 2.45) is 5.14 Å². The van der Waals surface area contributed by atoms with Crippen LogP contribution < -0.4 is 15.2 Å². The lowest BCUT2D eigenvalue weighted by Crippen LogP contribution is -2.46. The minimum absolute atomic E-state index is 0.228. The molecule has 3 rings (SSSR count). The second-order valence-electron chi connectivity index (χ2n) is 6.21. The fraction of sp³-hybridized carbons (Fsp3) is 0.250. The molecule has 13 heteroatoms. The Morgan fingerprint density at radius 2 is 1.79 bits per heavy atom. The third-order valence-corrected chi connectivity index (χ3v) is 7.58. The Hall–Kier alpha value is -1.80. The maximum atomic E-state index is 13.3. The summed E-state index contributed by atoms with van der Waals surface area (Å²) >= 11 is 1.38.